The predicted molar refractivity (Wildman–Crippen MR) is 117 cm³/mol. The van der Waals surface area contributed by atoms with Gasteiger partial charge in [-0.15, -0.1) is 0 Å². The zero-order valence-electron chi connectivity index (χ0n) is 17.3. The zero-order chi connectivity index (χ0) is 21.9. The lowest BCUT2D eigenvalue weighted by atomic mass is 10.1. The molecule has 0 bridgehead atoms. The van der Waals surface area contributed by atoms with E-state index in [0.29, 0.717) is 35.7 Å². The SMILES string of the molecule is O=C(NCCc1ccccn1)c1cnn(-c2nccc(-c3ccccc3F)n2)c1C1CC1. The van der Waals surface area contributed by atoms with Gasteiger partial charge in [0, 0.05) is 42.5 Å². The number of hydrogen-bond donors (Lipinski definition) is 1. The highest BCUT2D eigenvalue weighted by atomic mass is 19.1. The molecule has 7 nitrogen and oxygen atoms in total. The minimum atomic E-state index is -0.354. The number of hydrogen-bond acceptors (Lipinski definition) is 5. The Morgan fingerprint density at radius 2 is 1.91 bits per heavy atom. The van der Waals surface area contributed by atoms with Crippen molar-refractivity contribution in [3.8, 4) is 17.2 Å². The van der Waals surface area contributed by atoms with Crippen LogP contribution in [-0.4, -0.2) is 37.2 Å². The maximum atomic E-state index is 14.2. The van der Waals surface area contributed by atoms with Gasteiger partial charge in [-0.1, -0.05) is 18.2 Å². The van der Waals surface area contributed by atoms with Crippen molar-refractivity contribution in [1.29, 1.82) is 0 Å². The minimum Gasteiger partial charge on any atom is -0.352 e. The number of carbonyl (C=O) groups excluding carboxylic acids is 1. The van der Waals surface area contributed by atoms with E-state index in [9.17, 15) is 9.18 Å². The van der Waals surface area contributed by atoms with Crippen LogP contribution < -0.4 is 5.32 Å². The van der Waals surface area contributed by atoms with Crippen molar-refractivity contribution < 1.29 is 9.18 Å². The summed E-state index contributed by atoms with van der Waals surface area (Å²) >= 11 is 0. The Balaban J connectivity index is 1.40. The lowest BCUT2D eigenvalue weighted by Crippen LogP contribution is -2.26. The lowest BCUT2D eigenvalue weighted by molar-refractivity contribution is 0.0953. The Labute approximate surface area is 184 Å². The van der Waals surface area contributed by atoms with E-state index in [1.165, 1.54) is 6.07 Å². The summed E-state index contributed by atoms with van der Waals surface area (Å²) in [6, 6.07) is 13.8. The van der Waals surface area contributed by atoms with Crippen molar-refractivity contribution in [3.05, 3.63) is 89.9 Å². The number of amides is 1. The van der Waals surface area contributed by atoms with Gasteiger partial charge < -0.3 is 5.32 Å². The van der Waals surface area contributed by atoms with Gasteiger partial charge in [-0.05, 0) is 43.2 Å². The maximum absolute atomic E-state index is 14.2. The van der Waals surface area contributed by atoms with Crippen LogP contribution in [0, 0.1) is 5.82 Å². The summed E-state index contributed by atoms with van der Waals surface area (Å²) in [4.78, 5) is 26.0. The molecule has 1 fully saturated rings. The number of rotatable bonds is 7. The quantitative estimate of drug-likeness (QED) is 0.485. The molecule has 3 heterocycles. The van der Waals surface area contributed by atoms with Crippen molar-refractivity contribution in [2.24, 2.45) is 0 Å². The van der Waals surface area contributed by atoms with Crippen LogP contribution in [-0.2, 0) is 6.42 Å². The maximum Gasteiger partial charge on any atom is 0.254 e. The Bertz CT molecular complexity index is 1250. The summed E-state index contributed by atoms with van der Waals surface area (Å²) in [6.07, 6.45) is 7.48. The second-order valence-corrected chi connectivity index (χ2v) is 7.68. The predicted octanol–water partition coefficient (Wildman–Crippen LogP) is 3.71. The third-order valence-corrected chi connectivity index (χ3v) is 5.39. The van der Waals surface area contributed by atoms with Crippen molar-refractivity contribution in [2.45, 2.75) is 25.2 Å². The lowest BCUT2D eigenvalue weighted by Gasteiger charge is -2.09. The molecule has 1 aromatic carbocycles. The molecule has 0 atom stereocenters. The third-order valence-electron chi connectivity index (χ3n) is 5.39. The first kappa shape index (κ1) is 20.0. The van der Waals surface area contributed by atoms with Gasteiger partial charge in [0.2, 0.25) is 0 Å². The number of nitrogens with zero attached hydrogens (tertiary/aromatic N) is 5. The van der Waals surface area contributed by atoms with Crippen LogP contribution >= 0.6 is 0 Å². The van der Waals surface area contributed by atoms with Crippen LogP contribution in [0.15, 0.2) is 67.1 Å². The van der Waals surface area contributed by atoms with Gasteiger partial charge in [0.1, 0.15) is 5.82 Å². The number of benzene rings is 1. The largest absolute Gasteiger partial charge is 0.352 e. The second kappa shape index (κ2) is 8.66. The number of halogens is 1. The van der Waals surface area contributed by atoms with Gasteiger partial charge in [0.05, 0.1) is 23.1 Å². The molecule has 4 aromatic rings. The highest BCUT2D eigenvalue weighted by Crippen LogP contribution is 2.42. The molecule has 0 radical (unpaired) electrons. The summed E-state index contributed by atoms with van der Waals surface area (Å²) in [6.45, 7) is 0.477. The molecule has 0 saturated heterocycles. The standard InChI is InChI=1S/C24H21FN6O/c25-20-7-2-1-6-18(20)21-11-14-28-24(30-21)31-22(16-8-9-16)19(15-29-31)23(32)27-13-10-17-5-3-4-12-26-17/h1-7,11-12,14-16H,8-10,13H2,(H,27,32). The first-order valence-electron chi connectivity index (χ1n) is 10.5. The first-order chi connectivity index (χ1) is 15.7. The van der Waals surface area contributed by atoms with Gasteiger partial charge in [0.15, 0.2) is 0 Å². The normalized spacial score (nSPS) is 13.2. The van der Waals surface area contributed by atoms with Crippen LogP contribution in [0.25, 0.3) is 17.2 Å². The van der Waals surface area contributed by atoms with E-state index in [4.69, 9.17) is 0 Å². The van der Waals surface area contributed by atoms with Crippen LogP contribution in [0.3, 0.4) is 0 Å². The number of carbonyl (C=O) groups is 1. The molecule has 5 rings (SSSR count). The molecule has 0 aliphatic heterocycles. The molecule has 0 spiro atoms. The van der Waals surface area contributed by atoms with Crippen molar-refractivity contribution in [3.63, 3.8) is 0 Å². The summed E-state index contributed by atoms with van der Waals surface area (Å²) in [5.74, 6) is 0.0160. The van der Waals surface area contributed by atoms with Crippen LogP contribution in [0.1, 0.15) is 40.5 Å². The molecule has 1 amide bonds. The number of aromatic nitrogens is 5. The van der Waals surface area contributed by atoms with E-state index in [1.54, 1.807) is 47.5 Å². The number of pyridine rings is 1. The Hall–Kier alpha value is -3.94. The highest BCUT2D eigenvalue weighted by molar-refractivity contribution is 5.95. The average molecular weight is 428 g/mol. The zero-order valence-corrected chi connectivity index (χ0v) is 17.3. The molecule has 8 heteroatoms. The van der Waals surface area contributed by atoms with Crippen LogP contribution in [0.5, 0.6) is 0 Å². The van der Waals surface area contributed by atoms with E-state index < -0.39 is 0 Å². The first-order valence-corrected chi connectivity index (χ1v) is 10.5. The van der Waals surface area contributed by atoms with E-state index in [0.717, 1.165) is 24.2 Å². The van der Waals surface area contributed by atoms with Gasteiger partial charge in [-0.3, -0.25) is 9.78 Å². The van der Waals surface area contributed by atoms with Crippen LogP contribution in [0.2, 0.25) is 0 Å². The van der Waals surface area contributed by atoms with Crippen molar-refractivity contribution >= 4 is 5.91 Å². The fraction of sp³-hybridized carbons (Fsp3) is 0.208. The number of nitrogens with one attached hydrogen (secondary N) is 1. The molecular formula is C24H21FN6O. The van der Waals surface area contributed by atoms with E-state index >= 15 is 0 Å². The van der Waals surface area contributed by atoms with E-state index in [-0.39, 0.29) is 17.6 Å². The Kier molecular flexibility index (Phi) is 5.41. The topological polar surface area (TPSA) is 85.6 Å². The van der Waals surface area contributed by atoms with E-state index in [2.05, 4.69) is 25.4 Å². The highest BCUT2D eigenvalue weighted by Gasteiger charge is 2.33. The molecule has 0 unspecified atom stereocenters. The van der Waals surface area contributed by atoms with Crippen molar-refractivity contribution in [2.75, 3.05) is 6.54 Å². The molecule has 1 saturated carbocycles. The molecule has 1 aliphatic carbocycles. The molecule has 1 aliphatic rings. The molecule has 1 N–H and O–H groups in total. The fourth-order valence-electron chi connectivity index (χ4n) is 3.66. The summed E-state index contributed by atoms with van der Waals surface area (Å²) < 4.78 is 15.8. The van der Waals surface area contributed by atoms with E-state index in [1.807, 2.05) is 18.2 Å². The van der Waals surface area contributed by atoms with Gasteiger partial charge in [-0.2, -0.15) is 5.10 Å². The summed E-state index contributed by atoms with van der Waals surface area (Å²) in [5, 5.41) is 7.37. The Morgan fingerprint density at radius 3 is 2.69 bits per heavy atom. The smallest absolute Gasteiger partial charge is 0.254 e. The van der Waals surface area contributed by atoms with Gasteiger partial charge >= 0.3 is 0 Å². The molecule has 3 aromatic heterocycles. The monoisotopic (exact) mass is 428 g/mol. The molecular weight excluding hydrogens is 407 g/mol. The Morgan fingerprint density at radius 1 is 1.06 bits per heavy atom. The van der Waals surface area contributed by atoms with Crippen molar-refractivity contribution in [1.82, 2.24) is 30.0 Å². The molecule has 160 valence electrons. The van der Waals surface area contributed by atoms with Gasteiger partial charge in [0.25, 0.3) is 11.9 Å². The second-order valence-electron chi connectivity index (χ2n) is 7.68. The van der Waals surface area contributed by atoms with Crippen LogP contribution in [0.4, 0.5) is 4.39 Å². The fourth-order valence-corrected chi connectivity index (χ4v) is 3.66. The van der Waals surface area contributed by atoms with Gasteiger partial charge in [-0.25, -0.2) is 19.0 Å². The average Bonchev–Trinajstić information content (AvgIpc) is 3.57. The summed E-state index contributed by atoms with van der Waals surface area (Å²) in [5.41, 5.74) is 3.10. The molecule has 32 heavy (non-hydrogen) atoms. The summed E-state index contributed by atoms with van der Waals surface area (Å²) in [7, 11) is 0. The third kappa shape index (κ3) is 4.12. The minimum absolute atomic E-state index is 0.181.